The van der Waals surface area contributed by atoms with Gasteiger partial charge in [0.15, 0.2) is 5.82 Å². The standard InChI is InChI=1S/C16H25N3O2/c1-19(10-14-6-7-20-11-14)15-8-17-9-16(18-15)21-12-13-4-2-3-5-13/h8-9,13-14H,2-7,10-12H2,1H3. The number of aromatic nitrogens is 2. The Morgan fingerprint density at radius 3 is 2.86 bits per heavy atom. The van der Waals surface area contributed by atoms with Gasteiger partial charge in [-0.2, -0.15) is 4.98 Å². The molecule has 1 saturated heterocycles. The Labute approximate surface area is 126 Å². The number of nitrogens with zero attached hydrogens (tertiary/aromatic N) is 3. The van der Waals surface area contributed by atoms with Crippen molar-refractivity contribution in [1.29, 1.82) is 0 Å². The number of ether oxygens (including phenoxy) is 2. The molecule has 2 fully saturated rings. The Morgan fingerprint density at radius 1 is 1.24 bits per heavy atom. The average molecular weight is 291 g/mol. The van der Waals surface area contributed by atoms with E-state index in [1.807, 2.05) is 0 Å². The molecule has 1 aliphatic carbocycles. The summed E-state index contributed by atoms with van der Waals surface area (Å²) >= 11 is 0. The molecule has 1 saturated carbocycles. The molecule has 5 nitrogen and oxygen atoms in total. The average Bonchev–Trinajstić information content (AvgIpc) is 3.19. The minimum Gasteiger partial charge on any atom is -0.476 e. The first-order valence-corrected chi connectivity index (χ1v) is 8.05. The molecule has 1 unspecified atom stereocenters. The number of rotatable bonds is 6. The molecule has 0 spiro atoms. The van der Waals surface area contributed by atoms with Gasteiger partial charge in [0, 0.05) is 26.1 Å². The van der Waals surface area contributed by atoms with Crippen LogP contribution < -0.4 is 9.64 Å². The van der Waals surface area contributed by atoms with E-state index < -0.39 is 0 Å². The predicted octanol–water partition coefficient (Wildman–Crippen LogP) is 2.52. The van der Waals surface area contributed by atoms with Gasteiger partial charge in [0.1, 0.15) is 0 Å². The summed E-state index contributed by atoms with van der Waals surface area (Å²) < 4.78 is 11.3. The van der Waals surface area contributed by atoms with Crippen molar-refractivity contribution in [2.24, 2.45) is 11.8 Å². The van der Waals surface area contributed by atoms with Gasteiger partial charge in [-0.05, 0) is 25.2 Å². The fourth-order valence-electron chi connectivity index (χ4n) is 3.18. The molecule has 1 aromatic heterocycles. The smallest absolute Gasteiger partial charge is 0.234 e. The topological polar surface area (TPSA) is 47.5 Å². The van der Waals surface area contributed by atoms with Crippen molar-refractivity contribution in [3.05, 3.63) is 12.4 Å². The summed E-state index contributed by atoms with van der Waals surface area (Å²) in [5, 5.41) is 0. The predicted molar refractivity (Wildman–Crippen MR) is 81.7 cm³/mol. The molecular weight excluding hydrogens is 266 g/mol. The van der Waals surface area contributed by atoms with Crippen LogP contribution in [0.2, 0.25) is 0 Å². The van der Waals surface area contributed by atoms with E-state index in [9.17, 15) is 0 Å². The Morgan fingerprint density at radius 2 is 2.10 bits per heavy atom. The lowest BCUT2D eigenvalue weighted by molar-refractivity contribution is 0.186. The summed E-state index contributed by atoms with van der Waals surface area (Å²) in [7, 11) is 2.06. The van der Waals surface area contributed by atoms with Gasteiger partial charge >= 0.3 is 0 Å². The lowest BCUT2D eigenvalue weighted by Gasteiger charge is -2.21. The van der Waals surface area contributed by atoms with Gasteiger partial charge in [0.25, 0.3) is 0 Å². The summed E-state index contributed by atoms with van der Waals surface area (Å²) in [6.45, 7) is 3.48. The quantitative estimate of drug-likeness (QED) is 0.806. The molecule has 2 heterocycles. The molecule has 1 atom stereocenters. The zero-order valence-electron chi connectivity index (χ0n) is 12.8. The van der Waals surface area contributed by atoms with Crippen molar-refractivity contribution in [1.82, 2.24) is 9.97 Å². The molecule has 3 rings (SSSR count). The van der Waals surface area contributed by atoms with Gasteiger partial charge in [-0.1, -0.05) is 12.8 Å². The van der Waals surface area contributed by atoms with Crippen LogP contribution in [0.25, 0.3) is 0 Å². The van der Waals surface area contributed by atoms with Crippen molar-refractivity contribution >= 4 is 5.82 Å². The largest absolute Gasteiger partial charge is 0.476 e. The molecule has 21 heavy (non-hydrogen) atoms. The lowest BCUT2D eigenvalue weighted by Crippen LogP contribution is -2.26. The second-order valence-electron chi connectivity index (χ2n) is 6.29. The van der Waals surface area contributed by atoms with Crippen molar-refractivity contribution in [2.45, 2.75) is 32.1 Å². The van der Waals surface area contributed by atoms with Gasteiger partial charge in [-0.25, -0.2) is 0 Å². The summed E-state index contributed by atoms with van der Waals surface area (Å²) in [5.74, 6) is 2.82. The number of hydrogen-bond donors (Lipinski definition) is 0. The molecule has 1 aliphatic heterocycles. The Hall–Kier alpha value is -1.36. The molecule has 5 heteroatoms. The fourth-order valence-corrected chi connectivity index (χ4v) is 3.18. The van der Waals surface area contributed by atoms with Crippen LogP contribution in [0.3, 0.4) is 0 Å². The van der Waals surface area contributed by atoms with Gasteiger partial charge in [-0.3, -0.25) is 4.98 Å². The highest BCUT2D eigenvalue weighted by Gasteiger charge is 2.19. The van der Waals surface area contributed by atoms with E-state index in [0.29, 0.717) is 17.7 Å². The SMILES string of the molecule is CN(CC1CCOC1)c1cncc(OCC2CCCC2)n1. The van der Waals surface area contributed by atoms with Gasteiger partial charge in [-0.15, -0.1) is 0 Å². The third-order valence-electron chi connectivity index (χ3n) is 4.49. The fraction of sp³-hybridized carbons (Fsp3) is 0.750. The number of hydrogen-bond acceptors (Lipinski definition) is 5. The van der Waals surface area contributed by atoms with Crippen LogP contribution in [-0.2, 0) is 4.74 Å². The molecule has 0 N–H and O–H groups in total. The summed E-state index contributed by atoms with van der Waals surface area (Å²) in [5.41, 5.74) is 0. The monoisotopic (exact) mass is 291 g/mol. The van der Waals surface area contributed by atoms with Gasteiger partial charge < -0.3 is 14.4 Å². The Kier molecular flexibility index (Phi) is 4.91. The maximum atomic E-state index is 5.83. The van der Waals surface area contributed by atoms with Crippen LogP contribution in [0.15, 0.2) is 12.4 Å². The van der Waals surface area contributed by atoms with Crippen LogP contribution in [0, 0.1) is 11.8 Å². The second kappa shape index (κ2) is 7.07. The minimum absolute atomic E-state index is 0.597. The highest BCUT2D eigenvalue weighted by atomic mass is 16.5. The third-order valence-corrected chi connectivity index (χ3v) is 4.49. The van der Waals surface area contributed by atoms with Crippen LogP contribution in [0.1, 0.15) is 32.1 Å². The maximum Gasteiger partial charge on any atom is 0.234 e. The molecule has 0 radical (unpaired) electrons. The Balaban J connectivity index is 1.53. The molecule has 0 bridgehead atoms. The zero-order valence-corrected chi connectivity index (χ0v) is 12.8. The van der Waals surface area contributed by atoms with E-state index in [0.717, 1.165) is 38.6 Å². The van der Waals surface area contributed by atoms with Crippen LogP contribution in [0.5, 0.6) is 5.88 Å². The lowest BCUT2D eigenvalue weighted by atomic mass is 10.1. The van der Waals surface area contributed by atoms with Crippen molar-refractivity contribution in [3.63, 3.8) is 0 Å². The minimum atomic E-state index is 0.597. The molecule has 116 valence electrons. The van der Waals surface area contributed by atoms with Gasteiger partial charge in [0.2, 0.25) is 5.88 Å². The van der Waals surface area contributed by atoms with Gasteiger partial charge in [0.05, 0.1) is 25.6 Å². The molecule has 0 aromatic carbocycles. The van der Waals surface area contributed by atoms with Crippen molar-refractivity contribution < 1.29 is 9.47 Å². The summed E-state index contributed by atoms with van der Waals surface area (Å²) in [4.78, 5) is 11.0. The van der Waals surface area contributed by atoms with E-state index in [1.54, 1.807) is 12.4 Å². The first-order valence-electron chi connectivity index (χ1n) is 8.05. The number of anilines is 1. The molecule has 0 amide bonds. The van der Waals surface area contributed by atoms with E-state index in [4.69, 9.17) is 9.47 Å². The maximum absolute atomic E-state index is 5.83. The van der Waals surface area contributed by atoms with Crippen LogP contribution in [0.4, 0.5) is 5.82 Å². The van der Waals surface area contributed by atoms with E-state index in [1.165, 1.54) is 25.7 Å². The first-order chi connectivity index (χ1) is 10.3. The highest BCUT2D eigenvalue weighted by molar-refractivity contribution is 5.36. The van der Waals surface area contributed by atoms with Crippen molar-refractivity contribution in [2.75, 3.05) is 38.3 Å². The van der Waals surface area contributed by atoms with Crippen LogP contribution in [-0.4, -0.2) is 43.4 Å². The zero-order chi connectivity index (χ0) is 14.5. The molecule has 2 aliphatic rings. The van der Waals surface area contributed by atoms with Crippen molar-refractivity contribution in [3.8, 4) is 5.88 Å². The molecule has 1 aromatic rings. The second-order valence-corrected chi connectivity index (χ2v) is 6.29. The van der Waals surface area contributed by atoms with E-state index >= 15 is 0 Å². The van der Waals surface area contributed by atoms with Crippen LogP contribution >= 0.6 is 0 Å². The first kappa shape index (κ1) is 14.6. The third kappa shape index (κ3) is 4.06. The van der Waals surface area contributed by atoms with E-state index in [2.05, 4.69) is 21.9 Å². The van der Waals surface area contributed by atoms with E-state index in [-0.39, 0.29) is 0 Å². The summed E-state index contributed by atoms with van der Waals surface area (Å²) in [6, 6.07) is 0. The Bertz CT molecular complexity index is 443. The highest BCUT2D eigenvalue weighted by Crippen LogP contribution is 2.25. The molecular formula is C16H25N3O2. The summed E-state index contributed by atoms with van der Waals surface area (Å²) in [6.07, 6.45) is 9.90. The normalized spacial score (nSPS) is 22.6.